The van der Waals surface area contributed by atoms with Gasteiger partial charge in [-0.05, 0) is 67.5 Å². The van der Waals surface area contributed by atoms with Crippen LogP contribution < -0.4 is 14.5 Å². The SMILES string of the molecule is COc1cc(N2CCC3(CCN(C(O)c4ccc(N5CCN(CCC(C)(C)C)CC5)cc4)CC3)C2=O)ccc1-c1cn[nH]c1. The zero-order chi connectivity index (χ0) is 30.9. The number of aromatic nitrogens is 2. The van der Waals surface area contributed by atoms with E-state index in [1.165, 1.54) is 12.1 Å². The molecule has 3 saturated heterocycles. The minimum absolute atomic E-state index is 0.188. The molecule has 2 N–H and O–H groups in total. The Morgan fingerprint density at radius 2 is 1.64 bits per heavy atom. The van der Waals surface area contributed by atoms with Crippen LogP contribution in [0.3, 0.4) is 0 Å². The van der Waals surface area contributed by atoms with E-state index in [2.05, 4.69) is 69.9 Å². The molecule has 9 nitrogen and oxygen atoms in total. The lowest BCUT2D eigenvalue weighted by Crippen LogP contribution is -2.47. The Bertz CT molecular complexity index is 1400. The number of piperazine rings is 1. The number of aliphatic hydroxyl groups excluding tert-OH is 1. The Labute approximate surface area is 261 Å². The summed E-state index contributed by atoms with van der Waals surface area (Å²) in [6.07, 6.45) is 6.49. The highest BCUT2D eigenvalue weighted by Gasteiger charge is 2.49. The van der Waals surface area contributed by atoms with Crippen molar-refractivity contribution < 1.29 is 14.6 Å². The van der Waals surface area contributed by atoms with Gasteiger partial charge in [0, 0.05) is 80.6 Å². The van der Waals surface area contributed by atoms with Crippen molar-refractivity contribution in [2.45, 2.75) is 52.7 Å². The van der Waals surface area contributed by atoms with Gasteiger partial charge in [0.1, 0.15) is 12.0 Å². The number of nitrogens with one attached hydrogen (secondary N) is 1. The van der Waals surface area contributed by atoms with Gasteiger partial charge in [-0.1, -0.05) is 32.9 Å². The fraction of sp³-hybridized carbons (Fsp3) is 0.543. The van der Waals surface area contributed by atoms with Crippen LogP contribution in [-0.2, 0) is 4.79 Å². The Balaban J connectivity index is 1.03. The van der Waals surface area contributed by atoms with E-state index in [1.54, 1.807) is 13.3 Å². The third-order valence-electron chi connectivity index (χ3n) is 10.0. The summed E-state index contributed by atoms with van der Waals surface area (Å²) >= 11 is 0. The van der Waals surface area contributed by atoms with E-state index in [0.717, 1.165) is 80.1 Å². The number of anilines is 2. The second-order valence-electron chi connectivity index (χ2n) is 14.0. The van der Waals surface area contributed by atoms with Gasteiger partial charge in [0.2, 0.25) is 5.91 Å². The summed E-state index contributed by atoms with van der Waals surface area (Å²) in [4.78, 5) is 22.9. The number of hydrogen-bond donors (Lipinski definition) is 2. The number of hydrogen-bond acceptors (Lipinski definition) is 7. The first-order chi connectivity index (χ1) is 21.2. The fourth-order valence-electron chi connectivity index (χ4n) is 7.00. The third-order valence-corrected chi connectivity index (χ3v) is 10.0. The second kappa shape index (κ2) is 12.5. The van der Waals surface area contributed by atoms with Crippen LogP contribution in [0.1, 0.15) is 58.2 Å². The lowest BCUT2D eigenvalue weighted by atomic mass is 9.77. The Morgan fingerprint density at radius 3 is 2.27 bits per heavy atom. The van der Waals surface area contributed by atoms with Crippen molar-refractivity contribution in [2.24, 2.45) is 10.8 Å². The number of carbonyl (C=O) groups excluding carboxylic acids is 1. The van der Waals surface area contributed by atoms with Gasteiger partial charge in [-0.25, -0.2) is 0 Å². The van der Waals surface area contributed by atoms with E-state index >= 15 is 0 Å². The highest BCUT2D eigenvalue weighted by molar-refractivity contribution is 6.00. The molecule has 4 heterocycles. The van der Waals surface area contributed by atoms with E-state index in [-0.39, 0.29) is 11.3 Å². The summed E-state index contributed by atoms with van der Waals surface area (Å²) < 4.78 is 5.67. The second-order valence-corrected chi connectivity index (χ2v) is 14.0. The van der Waals surface area contributed by atoms with Crippen molar-refractivity contribution in [2.75, 3.05) is 69.3 Å². The number of benzene rings is 2. The first kappa shape index (κ1) is 30.6. The Hall–Kier alpha value is -3.40. The molecule has 6 rings (SSSR count). The van der Waals surface area contributed by atoms with E-state index in [9.17, 15) is 9.90 Å². The number of rotatable bonds is 8. The van der Waals surface area contributed by atoms with Crippen LogP contribution in [0.5, 0.6) is 5.75 Å². The van der Waals surface area contributed by atoms with Crippen LogP contribution in [0.25, 0.3) is 11.1 Å². The van der Waals surface area contributed by atoms with Crippen LogP contribution in [0.2, 0.25) is 0 Å². The molecule has 0 bridgehead atoms. The molecule has 1 aromatic heterocycles. The number of methoxy groups -OCH3 is 1. The lowest BCUT2D eigenvalue weighted by Gasteiger charge is -2.40. The molecule has 0 saturated carbocycles. The van der Waals surface area contributed by atoms with Gasteiger partial charge in [-0.15, -0.1) is 0 Å². The molecule has 1 spiro atoms. The molecule has 0 radical (unpaired) electrons. The molecular weight excluding hydrogens is 552 g/mol. The van der Waals surface area contributed by atoms with Crippen molar-refractivity contribution in [3.8, 4) is 16.9 Å². The highest BCUT2D eigenvalue weighted by atomic mass is 16.5. The van der Waals surface area contributed by atoms with Gasteiger partial charge in [-0.2, -0.15) is 5.10 Å². The number of likely N-dealkylation sites (tertiary alicyclic amines) is 1. The van der Waals surface area contributed by atoms with E-state index in [1.807, 2.05) is 29.3 Å². The number of piperidine rings is 1. The van der Waals surface area contributed by atoms with Crippen LogP contribution >= 0.6 is 0 Å². The number of carbonyl (C=O) groups is 1. The van der Waals surface area contributed by atoms with Gasteiger partial charge in [0.25, 0.3) is 0 Å². The Morgan fingerprint density at radius 1 is 0.955 bits per heavy atom. The Kier molecular flexibility index (Phi) is 8.72. The third kappa shape index (κ3) is 6.36. The van der Waals surface area contributed by atoms with Crippen molar-refractivity contribution >= 4 is 17.3 Å². The van der Waals surface area contributed by atoms with Gasteiger partial charge in [-0.3, -0.25) is 19.7 Å². The van der Waals surface area contributed by atoms with Crippen molar-refractivity contribution in [3.05, 3.63) is 60.4 Å². The zero-order valence-corrected chi connectivity index (χ0v) is 26.8. The molecule has 3 aromatic rings. The van der Waals surface area contributed by atoms with Gasteiger partial charge in [0.05, 0.1) is 18.7 Å². The minimum Gasteiger partial charge on any atom is -0.496 e. The fourth-order valence-corrected chi connectivity index (χ4v) is 7.00. The lowest BCUT2D eigenvalue weighted by molar-refractivity contribution is -0.130. The van der Waals surface area contributed by atoms with E-state index in [4.69, 9.17) is 4.74 Å². The predicted molar refractivity (Wildman–Crippen MR) is 175 cm³/mol. The average molecular weight is 601 g/mol. The molecule has 3 aliphatic rings. The van der Waals surface area contributed by atoms with E-state index in [0.29, 0.717) is 25.0 Å². The molecule has 0 aliphatic carbocycles. The molecule has 1 amide bonds. The molecule has 9 heteroatoms. The predicted octanol–water partition coefficient (Wildman–Crippen LogP) is 5.15. The largest absolute Gasteiger partial charge is 0.496 e. The van der Waals surface area contributed by atoms with Gasteiger partial charge in [0.15, 0.2) is 0 Å². The average Bonchev–Trinajstić information content (AvgIpc) is 3.69. The smallest absolute Gasteiger partial charge is 0.233 e. The van der Waals surface area contributed by atoms with E-state index < -0.39 is 6.23 Å². The first-order valence-corrected chi connectivity index (χ1v) is 16.1. The number of ether oxygens (including phenoxy) is 1. The summed E-state index contributed by atoms with van der Waals surface area (Å²) in [7, 11) is 1.65. The maximum absolute atomic E-state index is 13.8. The quantitative estimate of drug-likeness (QED) is 0.370. The topological polar surface area (TPSA) is 88.2 Å². The molecule has 236 valence electrons. The van der Waals surface area contributed by atoms with Crippen LogP contribution in [0.4, 0.5) is 11.4 Å². The van der Waals surface area contributed by atoms with Crippen molar-refractivity contribution in [1.29, 1.82) is 0 Å². The number of amides is 1. The molecule has 44 heavy (non-hydrogen) atoms. The monoisotopic (exact) mass is 600 g/mol. The summed E-state index contributed by atoms with van der Waals surface area (Å²) in [5.74, 6) is 0.910. The first-order valence-electron chi connectivity index (χ1n) is 16.1. The standard InChI is InChI=1S/C35H48N6O3/c1-34(2,3)11-15-38-19-21-39(22-20-38)28-7-5-26(6-8-28)32(42)40-16-12-35(13-17-40)14-18-41(33(35)43)29-9-10-30(31(23-29)44-4)27-24-36-37-25-27/h5-10,23-25,32,42H,11-22H2,1-4H3,(H,36,37). The van der Waals surface area contributed by atoms with Crippen molar-refractivity contribution in [1.82, 2.24) is 20.0 Å². The van der Waals surface area contributed by atoms with Crippen LogP contribution in [0, 0.1) is 10.8 Å². The van der Waals surface area contributed by atoms with Crippen LogP contribution in [-0.4, -0.2) is 90.5 Å². The zero-order valence-electron chi connectivity index (χ0n) is 26.8. The summed E-state index contributed by atoms with van der Waals surface area (Å²) in [6, 6.07) is 14.4. The minimum atomic E-state index is -0.664. The van der Waals surface area contributed by atoms with Crippen LogP contribution in [0.15, 0.2) is 54.9 Å². The summed E-state index contributed by atoms with van der Waals surface area (Å²) in [5, 5.41) is 18.2. The molecule has 1 unspecified atom stereocenters. The number of aliphatic hydroxyl groups is 1. The number of H-pyrrole nitrogens is 1. The molecule has 2 aromatic carbocycles. The highest BCUT2D eigenvalue weighted by Crippen LogP contribution is 2.45. The number of nitrogens with zero attached hydrogens (tertiary/aromatic N) is 5. The van der Waals surface area contributed by atoms with Gasteiger partial charge < -0.3 is 19.6 Å². The molecule has 3 fully saturated rings. The maximum atomic E-state index is 13.8. The maximum Gasteiger partial charge on any atom is 0.233 e. The number of aromatic amines is 1. The molecular formula is C35H48N6O3. The van der Waals surface area contributed by atoms with Gasteiger partial charge >= 0.3 is 0 Å². The summed E-state index contributed by atoms with van der Waals surface area (Å²) in [5.41, 5.74) is 4.89. The van der Waals surface area contributed by atoms with Crippen molar-refractivity contribution in [3.63, 3.8) is 0 Å². The molecule has 3 aliphatic heterocycles. The summed E-state index contributed by atoms with van der Waals surface area (Å²) in [6.45, 7) is 14.4. The molecule has 1 atom stereocenters. The normalized spacial score (nSPS) is 20.4.